The van der Waals surface area contributed by atoms with E-state index in [0.29, 0.717) is 5.69 Å². The highest BCUT2D eigenvalue weighted by atomic mass is 35.5. The summed E-state index contributed by atoms with van der Waals surface area (Å²) in [6.45, 7) is 1.57. The molecule has 4 nitrogen and oxygen atoms in total. The van der Waals surface area contributed by atoms with Crippen molar-refractivity contribution in [2.24, 2.45) is 0 Å². The van der Waals surface area contributed by atoms with Gasteiger partial charge in [-0.1, -0.05) is 36.7 Å². The molecule has 0 radical (unpaired) electrons. The number of nitrogens with zero attached hydrogens (tertiary/aromatic N) is 2. The molecule has 1 atom stereocenters. The first kappa shape index (κ1) is 16.8. The van der Waals surface area contributed by atoms with Crippen LogP contribution in [-0.2, 0) is 17.3 Å². The first-order valence-electron chi connectivity index (χ1n) is 7.49. The van der Waals surface area contributed by atoms with Gasteiger partial charge >= 0.3 is 11.8 Å². The van der Waals surface area contributed by atoms with Gasteiger partial charge in [0.25, 0.3) is 0 Å². The summed E-state index contributed by atoms with van der Waals surface area (Å²) in [6, 6.07) is 9.25. The SMILES string of the molecule is CCC(O)c1cccc2c1C(F)(F)C(=O)N2Cc1cccc(Cl)n1. The van der Waals surface area contributed by atoms with Crippen LogP contribution < -0.4 is 4.90 Å². The number of halogens is 3. The predicted octanol–water partition coefficient (Wildman–Crippen LogP) is 3.82. The van der Waals surface area contributed by atoms with Gasteiger partial charge in [0.1, 0.15) is 5.15 Å². The molecule has 0 saturated carbocycles. The lowest BCUT2D eigenvalue weighted by Gasteiger charge is -2.17. The van der Waals surface area contributed by atoms with Crippen molar-refractivity contribution in [3.63, 3.8) is 0 Å². The maximum atomic E-state index is 14.6. The number of carbonyl (C=O) groups is 1. The molecule has 0 bridgehead atoms. The highest BCUT2D eigenvalue weighted by Crippen LogP contribution is 2.48. The minimum absolute atomic E-state index is 0.0786. The molecule has 126 valence electrons. The molecule has 2 heterocycles. The normalized spacial score (nSPS) is 17.0. The standard InChI is InChI=1S/C17H15ClF2N2O2/c1-2-13(23)11-6-4-7-12-15(11)17(19,20)16(24)22(12)9-10-5-3-8-14(18)21-10/h3-8,13,23H,2,9H2,1H3. The van der Waals surface area contributed by atoms with Gasteiger partial charge in [-0.2, -0.15) is 8.78 Å². The quantitative estimate of drug-likeness (QED) is 0.851. The second-order valence-corrected chi connectivity index (χ2v) is 5.97. The molecule has 0 fully saturated rings. The second kappa shape index (κ2) is 6.11. The first-order valence-corrected chi connectivity index (χ1v) is 7.86. The Morgan fingerprint density at radius 1 is 1.29 bits per heavy atom. The van der Waals surface area contributed by atoms with Crippen molar-refractivity contribution in [1.82, 2.24) is 4.98 Å². The largest absolute Gasteiger partial charge is 0.388 e. The molecule has 1 unspecified atom stereocenters. The number of anilines is 1. The van der Waals surface area contributed by atoms with Crippen LogP contribution in [0, 0.1) is 0 Å². The molecule has 0 aliphatic carbocycles. The lowest BCUT2D eigenvalue weighted by molar-refractivity contribution is -0.141. The molecule has 24 heavy (non-hydrogen) atoms. The van der Waals surface area contributed by atoms with Crippen molar-refractivity contribution < 1.29 is 18.7 Å². The van der Waals surface area contributed by atoms with Crippen LogP contribution in [0.1, 0.15) is 36.3 Å². The molecule has 0 saturated heterocycles. The monoisotopic (exact) mass is 352 g/mol. The van der Waals surface area contributed by atoms with Gasteiger partial charge in [-0.25, -0.2) is 4.98 Å². The fourth-order valence-corrected chi connectivity index (χ4v) is 3.05. The van der Waals surface area contributed by atoms with E-state index in [1.165, 1.54) is 12.1 Å². The Morgan fingerprint density at radius 2 is 2.00 bits per heavy atom. The minimum Gasteiger partial charge on any atom is -0.388 e. The van der Waals surface area contributed by atoms with Crippen LogP contribution in [0.2, 0.25) is 5.15 Å². The first-order chi connectivity index (χ1) is 11.4. The Kier molecular flexibility index (Phi) is 4.27. The molecule has 7 heteroatoms. The number of benzene rings is 1. The van der Waals surface area contributed by atoms with E-state index in [4.69, 9.17) is 11.6 Å². The summed E-state index contributed by atoms with van der Waals surface area (Å²) in [7, 11) is 0. The van der Waals surface area contributed by atoms with Gasteiger partial charge in [0.2, 0.25) is 0 Å². The van der Waals surface area contributed by atoms with Crippen LogP contribution in [0.5, 0.6) is 0 Å². The number of amides is 1. The predicted molar refractivity (Wildman–Crippen MR) is 86.0 cm³/mol. The summed E-state index contributed by atoms with van der Waals surface area (Å²) in [5, 5.41) is 10.3. The average molecular weight is 353 g/mol. The van der Waals surface area contributed by atoms with Gasteiger partial charge < -0.3 is 10.0 Å². The zero-order valence-corrected chi connectivity index (χ0v) is 13.6. The van der Waals surface area contributed by atoms with Crippen molar-refractivity contribution in [1.29, 1.82) is 0 Å². The topological polar surface area (TPSA) is 53.4 Å². The van der Waals surface area contributed by atoms with E-state index < -0.39 is 23.5 Å². The Bertz CT molecular complexity index is 798. The molecule has 0 spiro atoms. The number of hydrogen-bond donors (Lipinski definition) is 1. The van der Waals surface area contributed by atoms with Crippen LogP contribution >= 0.6 is 11.6 Å². The van der Waals surface area contributed by atoms with Crippen LogP contribution in [-0.4, -0.2) is 16.0 Å². The summed E-state index contributed by atoms with van der Waals surface area (Å²) in [5.41, 5.74) is 0.152. The molecule has 1 N–H and O–H groups in total. The second-order valence-electron chi connectivity index (χ2n) is 5.58. The number of fused-ring (bicyclic) bond motifs is 1. The maximum absolute atomic E-state index is 14.6. The highest BCUT2D eigenvalue weighted by molar-refractivity contribution is 6.29. The van der Waals surface area contributed by atoms with Crippen LogP contribution in [0.4, 0.5) is 14.5 Å². The third-order valence-electron chi connectivity index (χ3n) is 4.03. The molecule has 3 rings (SSSR count). The van der Waals surface area contributed by atoms with E-state index in [9.17, 15) is 18.7 Å². The summed E-state index contributed by atoms with van der Waals surface area (Å²) in [6.07, 6.45) is -0.779. The van der Waals surface area contributed by atoms with Crippen LogP contribution in [0.25, 0.3) is 0 Å². The van der Waals surface area contributed by atoms with Crippen LogP contribution in [0.15, 0.2) is 36.4 Å². The molecule has 1 aliphatic rings. The number of aromatic nitrogens is 1. The molecule has 2 aromatic rings. The number of alkyl halides is 2. The smallest absolute Gasteiger partial charge is 0.352 e. The number of pyridine rings is 1. The van der Waals surface area contributed by atoms with Gasteiger partial charge in [-0.15, -0.1) is 0 Å². The summed E-state index contributed by atoms with van der Waals surface area (Å²) in [4.78, 5) is 17.3. The summed E-state index contributed by atoms with van der Waals surface area (Å²) in [5.74, 6) is -5.00. The number of carbonyl (C=O) groups excluding carboxylic acids is 1. The Morgan fingerprint density at radius 3 is 2.67 bits per heavy atom. The number of hydrogen-bond acceptors (Lipinski definition) is 3. The number of aliphatic hydroxyl groups excluding tert-OH is 1. The molecule has 1 aromatic heterocycles. The Hall–Kier alpha value is -2.05. The van der Waals surface area contributed by atoms with Gasteiger partial charge in [-0.3, -0.25) is 4.79 Å². The van der Waals surface area contributed by atoms with Crippen molar-refractivity contribution in [3.8, 4) is 0 Å². The van der Waals surface area contributed by atoms with Crippen LogP contribution in [0.3, 0.4) is 0 Å². The highest BCUT2D eigenvalue weighted by Gasteiger charge is 2.54. The summed E-state index contributed by atoms with van der Waals surface area (Å²) >= 11 is 5.81. The molecule has 1 aromatic carbocycles. The Balaban J connectivity index is 2.08. The zero-order chi connectivity index (χ0) is 17.5. The molecular weight excluding hydrogens is 338 g/mol. The maximum Gasteiger partial charge on any atom is 0.352 e. The Labute approximate surface area is 142 Å². The van der Waals surface area contributed by atoms with E-state index in [2.05, 4.69) is 4.98 Å². The third kappa shape index (κ3) is 2.65. The van der Waals surface area contributed by atoms with E-state index in [-0.39, 0.29) is 29.4 Å². The van der Waals surface area contributed by atoms with Crippen molar-refractivity contribution in [2.45, 2.75) is 31.9 Å². The average Bonchev–Trinajstić information content (AvgIpc) is 2.75. The fraction of sp³-hybridized carbons (Fsp3) is 0.294. The lowest BCUT2D eigenvalue weighted by atomic mass is 9.96. The van der Waals surface area contributed by atoms with Gasteiger partial charge in [0.05, 0.1) is 29.6 Å². The number of aliphatic hydroxyl groups is 1. The molecular formula is C17H15ClF2N2O2. The lowest BCUT2D eigenvalue weighted by Crippen LogP contribution is -2.34. The fourth-order valence-electron chi connectivity index (χ4n) is 2.87. The minimum atomic E-state index is -3.68. The van der Waals surface area contributed by atoms with Gasteiger partial charge in [0.15, 0.2) is 0 Å². The van der Waals surface area contributed by atoms with Crippen molar-refractivity contribution in [3.05, 3.63) is 58.4 Å². The van der Waals surface area contributed by atoms with E-state index >= 15 is 0 Å². The zero-order valence-electron chi connectivity index (χ0n) is 12.8. The molecule has 1 aliphatic heterocycles. The van der Waals surface area contributed by atoms with E-state index in [1.54, 1.807) is 31.2 Å². The van der Waals surface area contributed by atoms with Crippen molar-refractivity contribution in [2.75, 3.05) is 4.90 Å². The van der Waals surface area contributed by atoms with E-state index in [1.807, 2.05) is 0 Å². The van der Waals surface area contributed by atoms with E-state index in [0.717, 1.165) is 4.90 Å². The van der Waals surface area contributed by atoms with Gasteiger partial charge in [-0.05, 0) is 30.2 Å². The van der Waals surface area contributed by atoms with Gasteiger partial charge in [0, 0.05) is 0 Å². The third-order valence-corrected chi connectivity index (χ3v) is 4.24. The summed E-state index contributed by atoms with van der Waals surface area (Å²) < 4.78 is 29.1. The molecule has 1 amide bonds. The number of rotatable bonds is 4. The van der Waals surface area contributed by atoms with Crippen molar-refractivity contribution >= 4 is 23.2 Å².